The van der Waals surface area contributed by atoms with E-state index in [0.717, 1.165) is 6.54 Å². The normalized spacial score (nSPS) is 25.4. The summed E-state index contributed by atoms with van der Waals surface area (Å²) < 4.78 is 23.7. The number of rotatable bonds is 3. The Morgan fingerprint density at radius 3 is 2.81 bits per heavy atom. The van der Waals surface area contributed by atoms with Crippen molar-refractivity contribution in [2.45, 2.75) is 19.1 Å². The van der Waals surface area contributed by atoms with E-state index in [-0.39, 0.29) is 11.9 Å². The van der Waals surface area contributed by atoms with Gasteiger partial charge in [0.25, 0.3) is 0 Å². The first-order valence-corrected chi connectivity index (χ1v) is 5.47. The summed E-state index contributed by atoms with van der Waals surface area (Å²) in [5, 5.41) is 3.31. The lowest BCUT2D eigenvalue weighted by Crippen LogP contribution is -2.46. The monoisotopic (exact) mass is 225 g/mol. The van der Waals surface area contributed by atoms with Crippen LogP contribution in [0.4, 0.5) is 4.39 Å². The number of hydrogen-bond acceptors (Lipinski definition) is 3. The second-order valence-electron chi connectivity index (χ2n) is 4.03. The average molecular weight is 225 g/mol. The molecule has 2 rings (SSSR count). The standard InChI is InChI=1S/C12H16FNO2/c1-9-7-15-12(6-14-9)8-16-11-4-2-10(13)3-5-11/h2-5,9,12,14H,6-8H2,1H3. The van der Waals surface area contributed by atoms with Gasteiger partial charge in [-0.3, -0.25) is 0 Å². The molecule has 4 heteroatoms. The zero-order valence-electron chi connectivity index (χ0n) is 9.28. The van der Waals surface area contributed by atoms with Gasteiger partial charge < -0.3 is 14.8 Å². The van der Waals surface area contributed by atoms with Crippen LogP contribution in [0.15, 0.2) is 24.3 Å². The van der Waals surface area contributed by atoms with Gasteiger partial charge in [-0.1, -0.05) is 0 Å². The second-order valence-corrected chi connectivity index (χ2v) is 4.03. The van der Waals surface area contributed by atoms with Crippen molar-refractivity contribution in [1.82, 2.24) is 5.32 Å². The largest absolute Gasteiger partial charge is 0.491 e. The van der Waals surface area contributed by atoms with Gasteiger partial charge in [0.05, 0.1) is 6.61 Å². The number of morpholine rings is 1. The van der Waals surface area contributed by atoms with Crippen molar-refractivity contribution >= 4 is 0 Å². The SMILES string of the molecule is CC1COC(COc2ccc(F)cc2)CN1. The van der Waals surface area contributed by atoms with Crippen LogP contribution in [0, 0.1) is 5.82 Å². The first-order chi connectivity index (χ1) is 7.74. The molecule has 3 nitrogen and oxygen atoms in total. The number of nitrogens with one attached hydrogen (secondary N) is 1. The van der Waals surface area contributed by atoms with Gasteiger partial charge in [0.1, 0.15) is 24.3 Å². The van der Waals surface area contributed by atoms with Gasteiger partial charge in [0.2, 0.25) is 0 Å². The lowest BCUT2D eigenvalue weighted by molar-refractivity contribution is -0.0165. The number of halogens is 1. The Morgan fingerprint density at radius 1 is 1.44 bits per heavy atom. The molecule has 0 aromatic heterocycles. The van der Waals surface area contributed by atoms with Crippen LogP contribution in [0.1, 0.15) is 6.92 Å². The predicted octanol–water partition coefficient (Wildman–Crippen LogP) is 1.58. The molecule has 1 aliphatic rings. The molecule has 1 aromatic rings. The van der Waals surface area contributed by atoms with E-state index in [0.29, 0.717) is 25.0 Å². The van der Waals surface area contributed by atoms with Crippen LogP contribution in [0.3, 0.4) is 0 Å². The third-order valence-electron chi connectivity index (χ3n) is 2.53. The van der Waals surface area contributed by atoms with Gasteiger partial charge in [0, 0.05) is 12.6 Å². The Balaban J connectivity index is 1.77. The van der Waals surface area contributed by atoms with Crippen molar-refractivity contribution in [1.29, 1.82) is 0 Å². The molecule has 0 spiro atoms. The molecule has 1 heterocycles. The number of ether oxygens (including phenoxy) is 2. The van der Waals surface area contributed by atoms with Gasteiger partial charge in [-0.2, -0.15) is 0 Å². The van der Waals surface area contributed by atoms with Gasteiger partial charge in [-0.15, -0.1) is 0 Å². The summed E-state index contributed by atoms with van der Waals surface area (Å²) in [6, 6.07) is 6.42. The van der Waals surface area contributed by atoms with E-state index in [1.165, 1.54) is 12.1 Å². The van der Waals surface area contributed by atoms with Crippen LogP contribution < -0.4 is 10.1 Å². The zero-order chi connectivity index (χ0) is 11.4. The number of hydrogen-bond donors (Lipinski definition) is 1. The summed E-state index contributed by atoms with van der Waals surface area (Å²) in [6.45, 7) is 4.07. The van der Waals surface area contributed by atoms with Crippen LogP contribution in [-0.4, -0.2) is 31.9 Å². The summed E-state index contributed by atoms with van der Waals surface area (Å²) in [4.78, 5) is 0. The van der Waals surface area contributed by atoms with Crippen molar-refractivity contribution in [3.8, 4) is 5.75 Å². The molecule has 1 aromatic carbocycles. The Kier molecular flexibility index (Phi) is 3.74. The van der Waals surface area contributed by atoms with E-state index in [4.69, 9.17) is 9.47 Å². The van der Waals surface area contributed by atoms with Crippen LogP contribution in [0.25, 0.3) is 0 Å². The molecule has 1 saturated heterocycles. The van der Waals surface area contributed by atoms with E-state index in [1.807, 2.05) is 0 Å². The minimum Gasteiger partial charge on any atom is -0.491 e. The minimum absolute atomic E-state index is 0.0706. The van der Waals surface area contributed by atoms with Gasteiger partial charge in [-0.05, 0) is 31.2 Å². The van der Waals surface area contributed by atoms with Crippen molar-refractivity contribution in [2.75, 3.05) is 19.8 Å². The fraction of sp³-hybridized carbons (Fsp3) is 0.500. The molecule has 0 amide bonds. The maximum absolute atomic E-state index is 12.6. The van der Waals surface area contributed by atoms with Crippen LogP contribution in [0.5, 0.6) is 5.75 Å². The highest BCUT2D eigenvalue weighted by molar-refractivity contribution is 5.22. The summed E-state index contributed by atoms with van der Waals surface area (Å²) in [5.41, 5.74) is 0. The lowest BCUT2D eigenvalue weighted by Gasteiger charge is -2.28. The fourth-order valence-corrected chi connectivity index (χ4v) is 1.56. The third-order valence-corrected chi connectivity index (χ3v) is 2.53. The third kappa shape index (κ3) is 3.18. The molecule has 0 bridgehead atoms. The molecule has 16 heavy (non-hydrogen) atoms. The lowest BCUT2D eigenvalue weighted by atomic mass is 10.2. The molecule has 2 unspecified atom stereocenters. The minimum atomic E-state index is -0.253. The highest BCUT2D eigenvalue weighted by Gasteiger charge is 2.18. The first-order valence-electron chi connectivity index (χ1n) is 5.47. The zero-order valence-corrected chi connectivity index (χ0v) is 9.28. The molecule has 0 radical (unpaired) electrons. The quantitative estimate of drug-likeness (QED) is 0.847. The first kappa shape index (κ1) is 11.4. The molecule has 1 fully saturated rings. The maximum Gasteiger partial charge on any atom is 0.123 e. The Bertz CT molecular complexity index is 320. The summed E-state index contributed by atoms with van der Waals surface area (Å²) in [5.74, 6) is 0.417. The molecule has 0 saturated carbocycles. The molecule has 1 N–H and O–H groups in total. The molecular weight excluding hydrogens is 209 g/mol. The Morgan fingerprint density at radius 2 is 2.19 bits per heavy atom. The highest BCUT2D eigenvalue weighted by atomic mass is 19.1. The topological polar surface area (TPSA) is 30.5 Å². The maximum atomic E-state index is 12.6. The predicted molar refractivity (Wildman–Crippen MR) is 59.1 cm³/mol. The van der Waals surface area contributed by atoms with E-state index in [1.54, 1.807) is 12.1 Å². The molecule has 2 atom stereocenters. The Labute approximate surface area is 94.6 Å². The molecular formula is C12H16FNO2. The van der Waals surface area contributed by atoms with E-state index < -0.39 is 0 Å². The number of benzene rings is 1. The second kappa shape index (κ2) is 5.27. The summed E-state index contributed by atoms with van der Waals surface area (Å²) in [7, 11) is 0. The van der Waals surface area contributed by atoms with E-state index in [2.05, 4.69) is 12.2 Å². The van der Waals surface area contributed by atoms with Crippen molar-refractivity contribution in [2.24, 2.45) is 0 Å². The van der Waals surface area contributed by atoms with Crippen molar-refractivity contribution in [3.63, 3.8) is 0 Å². The molecule has 1 aliphatic heterocycles. The Hall–Kier alpha value is -1.13. The van der Waals surface area contributed by atoms with Gasteiger partial charge >= 0.3 is 0 Å². The van der Waals surface area contributed by atoms with Crippen molar-refractivity contribution in [3.05, 3.63) is 30.1 Å². The smallest absolute Gasteiger partial charge is 0.123 e. The summed E-state index contributed by atoms with van der Waals surface area (Å²) in [6.07, 6.45) is 0.0706. The van der Waals surface area contributed by atoms with Crippen LogP contribution in [-0.2, 0) is 4.74 Å². The average Bonchev–Trinajstić information content (AvgIpc) is 2.30. The van der Waals surface area contributed by atoms with Crippen molar-refractivity contribution < 1.29 is 13.9 Å². The summed E-state index contributed by atoms with van der Waals surface area (Å²) >= 11 is 0. The highest BCUT2D eigenvalue weighted by Crippen LogP contribution is 2.12. The van der Waals surface area contributed by atoms with Crippen LogP contribution in [0.2, 0.25) is 0 Å². The molecule has 88 valence electrons. The fourth-order valence-electron chi connectivity index (χ4n) is 1.56. The van der Waals surface area contributed by atoms with Crippen LogP contribution >= 0.6 is 0 Å². The molecule has 0 aliphatic carbocycles. The van der Waals surface area contributed by atoms with E-state index in [9.17, 15) is 4.39 Å². The van der Waals surface area contributed by atoms with E-state index >= 15 is 0 Å². The van der Waals surface area contributed by atoms with Gasteiger partial charge in [0.15, 0.2) is 0 Å². The van der Waals surface area contributed by atoms with Gasteiger partial charge in [-0.25, -0.2) is 4.39 Å².